The molecule has 0 atom stereocenters. The van der Waals surface area contributed by atoms with E-state index >= 15 is 0 Å². The van der Waals surface area contributed by atoms with Crippen LogP contribution in [0.25, 0.3) is 0 Å². The first-order valence-electron chi connectivity index (χ1n) is 8.83. The Balaban J connectivity index is 1.51. The van der Waals surface area contributed by atoms with E-state index in [1.54, 1.807) is 13.0 Å². The van der Waals surface area contributed by atoms with Gasteiger partial charge in [-0.25, -0.2) is 0 Å². The van der Waals surface area contributed by atoms with E-state index in [1.807, 2.05) is 30.6 Å². The second-order valence-corrected chi connectivity index (χ2v) is 6.22. The molecule has 5 heteroatoms. The SMILES string of the molecule is CCC(=O)Oc1ccccc1OCC1CCN(c2ccncc2)CC1. The molecule has 2 aromatic rings. The Hall–Kier alpha value is -2.56. The van der Waals surface area contributed by atoms with Gasteiger partial charge in [0.25, 0.3) is 0 Å². The molecule has 25 heavy (non-hydrogen) atoms. The monoisotopic (exact) mass is 340 g/mol. The summed E-state index contributed by atoms with van der Waals surface area (Å²) in [5, 5.41) is 0. The van der Waals surface area contributed by atoms with Gasteiger partial charge in [-0.15, -0.1) is 0 Å². The highest BCUT2D eigenvalue weighted by Crippen LogP contribution is 2.29. The molecular weight excluding hydrogens is 316 g/mol. The minimum absolute atomic E-state index is 0.248. The van der Waals surface area contributed by atoms with Gasteiger partial charge in [0, 0.05) is 37.6 Å². The first-order chi connectivity index (χ1) is 12.3. The van der Waals surface area contributed by atoms with Crippen molar-refractivity contribution >= 4 is 11.7 Å². The third-order valence-electron chi connectivity index (χ3n) is 4.48. The smallest absolute Gasteiger partial charge is 0.311 e. The van der Waals surface area contributed by atoms with Crippen LogP contribution in [0.4, 0.5) is 5.69 Å². The molecule has 0 radical (unpaired) electrons. The number of carbonyl (C=O) groups is 1. The molecule has 0 spiro atoms. The Morgan fingerprint density at radius 1 is 1.12 bits per heavy atom. The summed E-state index contributed by atoms with van der Waals surface area (Å²) in [5.74, 6) is 1.40. The zero-order valence-corrected chi connectivity index (χ0v) is 14.6. The molecule has 1 fully saturated rings. The topological polar surface area (TPSA) is 51.7 Å². The second-order valence-electron chi connectivity index (χ2n) is 6.22. The van der Waals surface area contributed by atoms with Crippen molar-refractivity contribution in [3.8, 4) is 11.5 Å². The summed E-state index contributed by atoms with van der Waals surface area (Å²) in [6, 6.07) is 11.5. The quantitative estimate of drug-likeness (QED) is 0.593. The molecule has 1 aromatic heterocycles. The van der Waals surface area contributed by atoms with Gasteiger partial charge in [-0.3, -0.25) is 9.78 Å². The number of nitrogens with zero attached hydrogens (tertiary/aromatic N) is 2. The lowest BCUT2D eigenvalue weighted by molar-refractivity contribution is -0.134. The summed E-state index contributed by atoms with van der Waals surface area (Å²) in [4.78, 5) is 18.0. The van der Waals surface area contributed by atoms with Gasteiger partial charge >= 0.3 is 5.97 Å². The molecule has 0 amide bonds. The maximum absolute atomic E-state index is 11.5. The van der Waals surface area contributed by atoms with Crippen molar-refractivity contribution in [2.45, 2.75) is 26.2 Å². The van der Waals surface area contributed by atoms with Crippen LogP contribution in [0.1, 0.15) is 26.2 Å². The molecule has 1 aliphatic rings. The first-order valence-corrected chi connectivity index (χ1v) is 8.83. The van der Waals surface area contributed by atoms with Crippen molar-refractivity contribution in [3.63, 3.8) is 0 Å². The Kier molecular flexibility index (Phi) is 5.88. The van der Waals surface area contributed by atoms with E-state index in [-0.39, 0.29) is 5.97 Å². The van der Waals surface area contributed by atoms with Crippen molar-refractivity contribution in [1.29, 1.82) is 0 Å². The number of carbonyl (C=O) groups excluding carboxylic acids is 1. The number of benzene rings is 1. The van der Waals surface area contributed by atoms with Gasteiger partial charge in [-0.2, -0.15) is 0 Å². The Morgan fingerprint density at radius 2 is 1.80 bits per heavy atom. The zero-order valence-electron chi connectivity index (χ0n) is 14.6. The Labute approximate surface area is 148 Å². The van der Waals surface area contributed by atoms with Gasteiger partial charge in [0.15, 0.2) is 11.5 Å². The molecule has 0 N–H and O–H groups in total. The van der Waals surface area contributed by atoms with Crippen LogP contribution >= 0.6 is 0 Å². The number of esters is 1. The van der Waals surface area contributed by atoms with Crippen LogP contribution in [0, 0.1) is 5.92 Å². The van der Waals surface area contributed by atoms with E-state index in [2.05, 4.69) is 22.0 Å². The van der Waals surface area contributed by atoms with Gasteiger partial charge in [0.1, 0.15) is 0 Å². The minimum atomic E-state index is -0.248. The Morgan fingerprint density at radius 3 is 2.48 bits per heavy atom. The highest BCUT2D eigenvalue weighted by atomic mass is 16.6. The number of anilines is 1. The summed E-state index contributed by atoms with van der Waals surface area (Å²) < 4.78 is 11.3. The number of rotatable bonds is 6. The molecular formula is C20H24N2O3. The third kappa shape index (κ3) is 4.72. The molecule has 1 aromatic carbocycles. The van der Waals surface area contributed by atoms with Crippen LogP contribution in [-0.2, 0) is 4.79 Å². The molecule has 3 rings (SSSR count). The maximum Gasteiger partial charge on any atom is 0.311 e. The predicted molar refractivity (Wildman–Crippen MR) is 97.0 cm³/mol. The summed E-state index contributed by atoms with van der Waals surface area (Å²) >= 11 is 0. The molecule has 0 bridgehead atoms. The fourth-order valence-electron chi connectivity index (χ4n) is 2.97. The average Bonchev–Trinajstić information content (AvgIpc) is 2.68. The van der Waals surface area contributed by atoms with Crippen molar-refractivity contribution in [1.82, 2.24) is 4.98 Å². The van der Waals surface area contributed by atoms with E-state index in [0.717, 1.165) is 25.9 Å². The maximum atomic E-state index is 11.5. The molecule has 5 nitrogen and oxygen atoms in total. The van der Waals surface area contributed by atoms with Gasteiger partial charge in [0.05, 0.1) is 6.61 Å². The fourth-order valence-corrected chi connectivity index (χ4v) is 2.97. The van der Waals surface area contributed by atoms with E-state index in [9.17, 15) is 4.79 Å². The number of hydrogen-bond acceptors (Lipinski definition) is 5. The number of pyridine rings is 1. The van der Waals surface area contributed by atoms with E-state index in [1.165, 1.54) is 5.69 Å². The molecule has 0 aliphatic carbocycles. The normalized spacial score (nSPS) is 15.0. The predicted octanol–water partition coefficient (Wildman–Crippen LogP) is 3.69. The molecule has 2 heterocycles. The van der Waals surface area contributed by atoms with Gasteiger partial charge < -0.3 is 14.4 Å². The van der Waals surface area contributed by atoms with Gasteiger partial charge in [-0.1, -0.05) is 19.1 Å². The molecule has 0 saturated carbocycles. The summed E-state index contributed by atoms with van der Waals surface area (Å²) in [7, 11) is 0. The van der Waals surface area contributed by atoms with E-state index in [0.29, 0.717) is 30.4 Å². The largest absolute Gasteiger partial charge is 0.489 e. The highest BCUT2D eigenvalue weighted by Gasteiger charge is 2.20. The molecule has 1 aliphatic heterocycles. The number of piperidine rings is 1. The van der Waals surface area contributed by atoms with E-state index < -0.39 is 0 Å². The van der Waals surface area contributed by atoms with Crippen molar-refractivity contribution < 1.29 is 14.3 Å². The average molecular weight is 340 g/mol. The number of para-hydroxylation sites is 2. The third-order valence-corrected chi connectivity index (χ3v) is 4.48. The summed E-state index contributed by atoms with van der Waals surface area (Å²) in [6.45, 7) is 4.46. The number of aromatic nitrogens is 1. The first kappa shape index (κ1) is 17.3. The van der Waals surface area contributed by atoms with Gasteiger partial charge in [0.2, 0.25) is 0 Å². The highest BCUT2D eigenvalue weighted by molar-refractivity contribution is 5.72. The molecule has 0 unspecified atom stereocenters. The lowest BCUT2D eigenvalue weighted by atomic mass is 9.97. The van der Waals surface area contributed by atoms with E-state index in [4.69, 9.17) is 9.47 Å². The number of hydrogen-bond donors (Lipinski definition) is 0. The Bertz CT molecular complexity index is 682. The standard InChI is InChI=1S/C20H24N2O3/c1-2-20(23)25-19-6-4-3-5-18(19)24-15-16-9-13-22(14-10-16)17-7-11-21-12-8-17/h3-8,11-12,16H,2,9-10,13-15H2,1H3. The summed E-state index contributed by atoms with van der Waals surface area (Å²) in [5.41, 5.74) is 1.23. The van der Waals surface area contributed by atoms with Crippen LogP contribution < -0.4 is 14.4 Å². The second kappa shape index (κ2) is 8.51. The summed E-state index contributed by atoms with van der Waals surface area (Å²) in [6.07, 6.45) is 6.18. The van der Waals surface area contributed by atoms with Gasteiger partial charge in [-0.05, 0) is 43.0 Å². The van der Waals surface area contributed by atoms with Crippen molar-refractivity contribution in [3.05, 3.63) is 48.8 Å². The van der Waals surface area contributed by atoms with Crippen LogP contribution in [0.5, 0.6) is 11.5 Å². The van der Waals surface area contributed by atoms with Crippen LogP contribution in [0.15, 0.2) is 48.8 Å². The minimum Gasteiger partial charge on any atom is -0.489 e. The van der Waals surface area contributed by atoms with Crippen molar-refractivity contribution in [2.75, 3.05) is 24.6 Å². The molecule has 1 saturated heterocycles. The fraction of sp³-hybridized carbons (Fsp3) is 0.400. The zero-order chi connectivity index (χ0) is 17.5. The number of ether oxygens (including phenoxy) is 2. The lowest BCUT2D eigenvalue weighted by Gasteiger charge is -2.33. The molecule has 132 valence electrons. The van der Waals surface area contributed by atoms with Crippen LogP contribution in [0.3, 0.4) is 0 Å². The lowest BCUT2D eigenvalue weighted by Crippen LogP contribution is -2.35. The van der Waals surface area contributed by atoms with Crippen LogP contribution in [0.2, 0.25) is 0 Å². The van der Waals surface area contributed by atoms with Crippen molar-refractivity contribution in [2.24, 2.45) is 5.92 Å². The van der Waals surface area contributed by atoms with Crippen LogP contribution in [-0.4, -0.2) is 30.6 Å².